The van der Waals surface area contributed by atoms with Gasteiger partial charge in [0.25, 0.3) is 0 Å². The van der Waals surface area contributed by atoms with E-state index in [1.54, 1.807) is 24.4 Å². The smallest absolute Gasteiger partial charge is 0.319 e. The molecule has 7 rings (SSSR count). The molecule has 10 nitrogen and oxygen atoms in total. The van der Waals surface area contributed by atoms with Gasteiger partial charge in [-0.05, 0) is 75.5 Å². The van der Waals surface area contributed by atoms with Crippen molar-refractivity contribution in [2.75, 3.05) is 57.8 Å². The lowest BCUT2D eigenvalue weighted by Gasteiger charge is -2.31. The summed E-state index contributed by atoms with van der Waals surface area (Å²) in [5.74, 6) is 2.20. The molecule has 0 saturated carbocycles. The highest BCUT2D eigenvalue weighted by Crippen LogP contribution is 2.40. The Labute approximate surface area is 273 Å². The monoisotopic (exact) mass is 635 g/mol. The normalized spacial score (nSPS) is 19.8. The Balaban J connectivity index is 1.36. The highest BCUT2D eigenvalue weighted by atomic mass is 19.1. The molecule has 2 aromatic carbocycles. The number of carbonyl (C=O) groups is 1. The zero-order valence-corrected chi connectivity index (χ0v) is 26.5. The minimum Gasteiger partial charge on any atom is -0.508 e. The number of ether oxygens (including phenoxy) is 1. The van der Waals surface area contributed by atoms with Gasteiger partial charge in [-0.15, -0.1) is 6.42 Å². The molecule has 0 aliphatic carbocycles. The summed E-state index contributed by atoms with van der Waals surface area (Å²) in [4.78, 5) is 33.1. The van der Waals surface area contributed by atoms with Gasteiger partial charge in [-0.1, -0.05) is 24.6 Å². The molecule has 242 valence electrons. The van der Waals surface area contributed by atoms with Crippen molar-refractivity contribution in [3.05, 3.63) is 60.6 Å². The first-order chi connectivity index (χ1) is 22.8. The molecule has 1 atom stereocenters. The predicted molar refractivity (Wildman–Crippen MR) is 180 cm³/mol. The molecule has 47 heavy (non-hydrogen) atoms. The average molecular weight is 636 g/mol. The Morgan fingerprint density at radius 2 is 2.02 bits per heavy atom. The molecule has 5 heterocycles. The standard InChI is InChI=1S/C36H38FN7O3/c1-4-23-9-6-10-24-17-26(45)18-27(30(23)24)32-31(37)33-28(19-38-32)34(43-16-15-42(3)20-25(21-43)39-29(46)5-2)41-35(40-33)47-22-36-11-7-13-44(36)14-8-12-36/h1,5-6,9-10,17-19,25,45H,2,7-8,11-16,20-22H2,3H3,(H,39,46). The van der Waals surface area contributed by atoms with E-state index in [9.17, 15) is 9.90 Å². The van der Waals surface area contributed by atoms with E-state index in [4.69, 9.17) is 16.1 Å². The highest BCUT2D eigenvalue weighted by Gasteiger charge is 2.45. The van der Waals surface area contributed by atoms with E-state index in [1.807, 2.05) is 18.0 Å². The number of hydrogen-bond donors (Lipinski definition) is 2. The average Bonchev–Trinajstić information content (AvgIpc) is 3.60. The van der Waals surface area contributed by atoms with Crippen LogP contribution in [0.25, 0.3) is 32.9 Å². The molecule has 3 aliphatic rings. The van der Waals surface area contributed by atoms with Crippen LogP contribution in [0.3, 0.4) is 0 Å². The molecule has 4 aromatic rings. The quantitative estimate of drug-likeness (QED) is 0.229. The number of nitrogens with one attached hydrogen (secondary N) is 1. The van der Waals surface area contributed by atoms with E-state index in [0.717, 1.165) is 38.8 Å². The van der Waals surface area contributed by atoms with E-state index in [1.165, 1.54) is 12.1 Å². The van der Waals surface area contributed by atoms with Crippen LogP contribution in [0, 0.1) is 18.2 Å². The third kappa shape index (κ3) is 5.72. The van der Waals surface area contributed by atoms with Gasteiger partial charge >= 0.3 is 6.01 Å². The maximum Gasteiger partial charge on any atom is 0.319 e. The summed E-state index contributed by atoms with van der Waals surface area (Å²) in [6.07, 6.45) is 13.0. The number of anilines is 1. The largest absolute Gasteiger partial charge is 0.508 e. The molecule has 2 aromatic heterocycles. The predicted octanol–water partition coefficient (Wildman–Crippen LogP) is 4.10. The summed E-state index contributed by atoms with van der Waals surface area (Å²) in [6, 6.07) is 8.32. The summed E-state index contributed by atoms with van der Waals surface area (Å²) in [7, 11) is 2.00. The molecule has 3 saturated heterocycles. The first-order valence-corrected chi connectivity index (χ1v) is 16.1. The fourth-order valence-electron chi connectivity index (χ4n) is 7.61. The van der Waals surface area contributed by atoms with Gasteiger partial charge in [-0.2, -0.15) is 9.97 Å². The van der Waals surface area contributed by atoms with Crippen molar-refractivity contribution in [2.45, 2.75) is 37.3 Å². The molecule has 0 radical (unpaired) electrons. The fraction of sp³-hybridized carbons (Fsp3) is 0.389. The lowest BCUT2D eigenvalue weighted by molar-refractivity contribution is -0.117. The number of pyridine rings is 1. The van der Waals surface area contributed by atoms with Crippen LogP contribution in [0.15, 0.2) is 49.2 Å². The Hall–Kier alpha value is -4.79. The summed E-state index contributed by atoms with van der Waals surface area (Å²) >= 11 is 0. The number of terminal acetylenes is 1. The number of aromatic hydroxyl groups is 1. The molecular weight excluding hydrogens is 597 g/mol. The molecule has 0 spiro atoms. The number of halogens is 1. The van der Waals surface area contributed by atoms with Gasteiger partial charge in [0, 0.05) is 48.9 Å². The van der Waals surface area contributed by atoms with Gasteiger partial charge in [0.15, 0.2) is 5.82 Å². The molecule has 1 amide bonds. The van der Waals surface area contributed by atoms with E-state index in [0.29, 0.717) is 65.9 Å². The first kappa shape index (κ1) is 30.8. The summed E-state index contributed by atoms with van der Waals surface area (Å²) < 4.78 is 23.3. The molecule has 1 unspecified atom stereocenters. The Morgan fingerprint density at radius 3 is 2.79 bits per heavy atom. The number of fused-ring (bicyclic) bond motifs is 3. The van der Waals surface area contributed by atoms with Crippen molar-refractivity contribution < 1.29 is 19.0 Å². The zero-order valence-electron chi connectivity index (χ0n) is 26.5. The maximum absolute atomic E-state index is 16.9. The number of phenolic OH excluding ortho intramolecular Hbond substituents is 1. The second kappa shape index (κ2) is 12.4. The number of benzene rings is 2. The number of hydrogen-bond acceptors (Lipinski definition) is 9. The fourth-order valence-corrected chi connectivity index (χ4v) is 7.61. The number of rotatable bonds is 7. The van der Waals surface area contributed by atoms with Crippen LogP contribution in [-0.2, 0) is 4.79 Å². The molecule has 0 bridgehead atoms. The first-order valence-electron chi connectivity index (χ1n) is 16.1. The van der Waals surface area contributed by atoms with Crippen molar-refractivity contribution in [3.8, 4) is 35.4 Å². The van der Waals surface area contributed by atoms with Crippen LogP contribution in [-0.4, -0.2) is 100 Å². The maximum atomic E-state index is 16.9. The lowest BCUT2D eigenvalue weighted by atomic mass is 9.95. The van der Waals surface area contributed by atoms with Crippen molar-refractivity contribution in [2.24, 2.45) is 0 Å². The number of carbonyl (C=O) groups excluding carboxylic acids is 1. The van der Waals surface area contributed by atoms with Gasteiger partial charge in [0.2, 0.25) is 5.91 Å². The molecule has 3 aliphatic heterocycles. The number of likely N-dealkylation sites (N-methyl/N-ethyl adjacent to an activating group) is 1. The van der Waals surface area contributed by atoms with Crippen molar-refractivity contribution in [3.63, 3.8) is 0 Å². The van der Waals surface area contributed by atoms with Crippen LogP contribution in [0.2, 0.25) is 0 Å². The van der Waals surface area contributed by atoms with Gasteiger partial charge in [-0.25, -0.2) is 4.39 Å². The second-order valence-electron chi connectivity index (χ2n) is 12.9. The summed E-state index contributed by atoms with van der Waals surface area (Å²) in [6.45, 7) is 8.43. The van der Waals surface area contributed by atoms with Crippen molar-refractivity contribution in [1.82, 2.24) is 30.1 Å². The lowest BCUT2D eigenvalue weighted by Crippen LogP contribution is -2.46. The van der Waals surface area contributed by atoms with Crippen LogP contribution in [0.4, 0.5) is 10.2 Å². The zero-order chi connectivity index (χ0) is 32.7. The van der Waals surface area contributed by atoms with Crippen LogP contribution >= 0.6 is 0 Å². The minimum absolute atomic E-state index is 0.0137. The van der Waals surface area contributed by atoms with Gasteiger partial charge < -0.3 is 25.0 Å². The Kier molecular flexibility index (Phi) is 8.16. The second-order valence-corrected chi connectivity index (χ2v) is 12.9. The molecule has 3 fully saturated rings. The molecule has 11 heteroatoms. The third-order valence-corrected chi connectivity index (χ3v) is 9.85. The van der Waals surface area contributed by atoms with Gasteiger partial charge in [0.05, 0.1) is 17.0 Å². The highest BCUT2D eigenvalue weighted by molar-refractivity contribution is 6.02. The van der Waals surface area contributed by atoms with E-state index < -0.39 is 5.82 Å². The van der Waals surface area contributed by atoms with Crippen LogP contribution < -0.4 is 15.0 Å². The molecule has 2 N–H and O–H groups in total. The van der Waals surface area contributed by atoms with Crippen molar-refractivity contribution >= 4 is 33.4 Å². The van der Waals surface area contributed by atoms with E-state index >= 15 is 4.39 Å². The van der Waals surface area contributed by atoms with Crippen LogP contribution in [0.1, 0.15) is 31.2 Å². The summed E-state index contributed by atoms with van der Waals surface area (Å²) in [5, 5.41) is 15.3. The minimum atomic E-state index is -0.667. The third-order valence-electron chi connectivity index (χ3n) is 9.85. The Morgan fingerprint density at radius 1 is 1.21 bits per heavy atom. The Bertz CT molecular complexity index is 1910. The topological polar surface area (TPSA) is 107 Å². The van der Waals surface area contributed by atoms with Crippen LogP contribution in [0.5, 0.6) is 11.8 Å². The van der Waals surface area contributed by atoms with E-state index in [2.05, 4.69) is 37.6 Å². The van der Waals surface area contributed by atoms with E-state index in [-0.39, 0.29) is 40.5 Å². The summed E-state index contributed by atoms with van der Waals surface area (Å²) in [5.41, 5.74) is 0.939. The number of nitrogens with zero attached hydrogens (tertiary/aromatic N) is 6. The SMILES string of the molecule is C#Cc1cccc2cc(O)cc(-c3ncc4c(N5CCN(C)CC(NC(=O)C=C)C5)nc(OCC56CCCN5CCC6)nc4c3F)c12. The van der Waals surface area contributed by atoms with Gasteiger partial charge in [-0.3, -0.25) is 14.7 Å². The van der Waals surface area contributed by atoms with Crippen molar-refractivity contribution in [1.29, 1.82) is 0 Å². The number of amides is 1. The molecular formula is C36H38FN7O3. The number of aromatic nitrogens is 3. The number of phenols is 1. The van der Waals surface area contributed by atoms with Gasteiger partial charge in [0.1, 0.15) is 29.4 Å².